The lowest BCUT2D eigenvalue weighted by atomic mass is 10.2. The SMILES string of the molecule is CCc1ccc(C(=O)N(C)CC2CCCN2)s1. The summed E-state index contributed by atoms with van der Waals surface area (Å²) in [6, 6.07) is 4.49. The molecule has 94 valence electrons. The molecule has 1 saturated heterocycles. The van der Waals surface area contributed by atoms with Gasteiger partial charge >= 0.3 is 0 Å². The molecule has 1 aromatic rings. The fraction of sp³-hybridized carbons (Fsp3) is 0.615. The van der Waals surface area contributed by atoms with Crippen molar-refractivity contribution in [1.82, 2.24) is 10.2 Å². The molecule has 0 bridgehead atoms. The Kier molecular flexibility index (Phi) is 4.18. The Morgan fingerprint density at radius 3 is 3.00 bits per heavy atom. The molecule has 1 aliphatic rings. The molecule has 1 aliphatic heterocycles. The van der Waals surface area contributed by atoms with Crippen molar-refractivity contribution >= 4 is 17.2 Å². The van der Waals surface area contributed by atoms with Gasteiger partial charge in [0.2, 0.25) is 0 Å². The number of hydrogen-bond donors (Lipinski definition) is 1. The highest BCUT2D eigenvalue weighted by molar-refractivity contribution is 7.14. The molecular weight excluding hydrogens is 232 g/mol. The van der Waals surface area contributed by atoms with Crippen LogP contribution in [0.15, 0.2) is 12.1 Å². The summed E-state index contributed by atoms with van der Waals surface area (Å²) in [6.45, 7) is 4.02. The van der Waals surface area contributed by atoms with Crippen LogP contribution >= 0.6 is 11.3 Å². The highest BCUT2D eigenvalue weighted by atomic mass is 32.1. The highest BCUT2D eigenvalue weighted by Gasteiger charge is 2.20. The number of likely N-dealkylation sites (N-methyl/N-ethyl adjacent to an activating group) is 1. The average Bonchev–Trinajstić information content (AvgIpc) is 2.98. The van der Waals surface area contributed by atoms with E-state index in [0.29, 0.717) is 6.04 Å². The fourth-order valence-corrected chi connectivity index (χ4v) is 3.14. The van der Waals surface area contributed by atoms with Crippen molar-refractivity contribution in [3.63, 3.8) is 0 Å². The van der Waals surface area contributed by atoms with Crippen LogP contribution in [0.3, 0.4) is 0 Å². The molecule has 17 heavy (non-hydrogen) atoms. The number of carbonyl (C=O) groups excluding carboxylic acids is 1. The molecule has 0 aromatic carbocycles. The van der Waals surface area contributed by atoms with E-state index in [2.05, 4.69) is 18.3 Å². The van der Waals surface area contributed by atoms with Gasteiger partial charge in [-0.2, -0.15) is 0 Å². The number of thiophene rings is 1. The number of rotatable bonds is 4. The van der Waals surface area contributed by atoms with Crippen LogP contribution in [0, 0.1) is 0 Å². The molecule has 0 radical (unpaired) electrons. The van der Waals surface area contributed by atoms with E-state index in [0.717, 1.165) is 24.4 Å². The summed E-state index contributed by atoms with van der Waals surface area (Å²) in [7, 11) is 1.90. The van der Waals surface area contributed by atoms with Gasteiger partial charge in [0, 0.05) is 24.5 Å². The maximum absolute atomic E-state index is 12.2. The lowest BCUT2D eigenvalue weighted by Gasteiger charge is -2.20. The van der Waals surface area contributed by atoms with Crippen LogP contribution in [-0.4, -0.2) is 37.0 Å². The largest absolute Gasteiger partial charge is 0.339 e. The van der Waals surface area contributed by atoms with Crippen LogP contribution < -0.4 is 5.32 Å². The van der Waals surface area contributed by atoms with Crippen LogP contribution in [0.5, 0.6) is 0 Å². The zero-order chi connectivity index (χ0) is 12.3. The minimum absolute atomic E-state index is 0.156. The number of nitrogens with zero attached hydrogens (tertiary/aromatic N) is 1. The Morgan fingerprint density at radius 1 is 1.59 bits per heavy atom. The maximum Gasteiger partial charge on any atom is 0.263 e. The van der Waals surface area contributed by atoms with Crippen LogP contribution in [0.25, 0.3) is 0 Å². The lowest BCUT2D eigenvalue weighted by molar-refractivity contribution is 0.0788. The molecule has 1 aromatic heterocycles. The van der Waals surface area contributed by atoms with E-state index >= 15 is 0 Å². The summed E-state index contributed by atoms with van der Waals surface area (Å²) in [4.78, 5) is 16.2. The van der Waals surface area contributed by atoms with E-state index in [1.54, 1.807) is 11.3 Å². The van der Waals surface area contributed by atoms with Gasteiger partial charge in [0.25, 0.3) is 5.91 Å². The normalized spacial score (nSPS) is 19.5. The second kappa shape index (κ2) is 5.65. The Balaban J connectivity index is 1.93. The van der Waals surface area contributed by atoms with E-state index in [1.807, 2.05) is 18.0 Å². The third-order valence-corrected chi connectivity index (χ3v) is 4.44. The summed E-state index contributed by atoms with van der Waals surface area (Å²) in [5.74, 6) is 0.156. The molecule has 3 nitrogen and oxygen atoms in total. The number of amides is 1. The van der Waals surface area contributed by atoms with E-state index in [4.69, 9.17) is 0 Å². The molecule has 0 saturated carbocycles. The first kappa shape index (κ1) is 12.6. The summed E-state index contributed by atoms with van der Waals surface area (Å²) in [5.41, 5.74) is 0. The molecule has 2 rings (SSSR count). The van der Waals surface area contributed by atoms with Gasteiger partial charge in [-0.3, -0.25) is 4.79 Å². The second-order valence-electron chi connectivity index (χ2n) is 4.60. The molecule has 0 spiro atoms. The van der Waals surface area contributed by atoms with Crippen molar-refractivity contribution in [2.45, 2.75) is 32.2 Å². The van der Waals surface area contributed by atoms with Gasteiger partial charge in [0.15, 0.2) is 0 Å². The predicted molar refractivity (Wildman–Crippen MR) is 71.7 cm³/mol. The summed E-state index contributed by atoms with van der Waals surface area (Å²) in [5, 5.41) is 3.42. The molecule has 1 amide bonds. The second-order valence-corrected chi connectivity index (χ2v) is 5.77. The van der Waals surface area contributed by atoms with Crippen LogP contribution in [0.2, 0.25) is 0 Å². The Bertz CT molecular complexity index is 383. The van der Waals surface area contributed by atoms with Gasteiger partial charge in [-0.1, -0.05) is 6.92 Å². The molecule has 4 heteroatoms. The third-order valence-electron chi connectivity index (χ3n) is 3.22. The fourth-order valence-electron chi connectivity index (χ4n) is 2.20. The zero-order valence-corrected chi connectivity index (χ0v) is 11.3. The van der Waals surface area contributed by atoms with Gasteiger partial charge in [0.1, 0.15) is 0 Å². The Labute approximate surface area is 107 Å². The van der Waals surface area contributed by atoms with E-state index < -0.39 is 0 Å². The smallest absolute Gasteiger partial charge is 0.263 e. The van der Waals surface area contributed by atoms with Crippen molar-refractivity contribution in [2.24, 2.45) is 0 Å². The molecule has 1 N–H and O–H groups in total. The number of hydrogen-bond acceptors (Lipinski definition) is 3. The molecule has 1 unspecified atom stereocenters. The standard InChI is InChI=1S/C13H20N2OS/c1-3-11-6-7-12(17-11)13(16)15(2)9-10-5-4-8-14-10/h6-7,10,14H,3-5,8-9H2,1-2H3. The monoisotopic (exact) mass is 252 g/mol. The van der Waals surface area contributed by atoms with Crippen molar-refractivity contribution in [3.8, 4) is 0 Å². The number of aryl methyl sites for hydroxylation is 1. The van der Waals surface area contributed by atoms with Crippen LogP contribution in [0.1, 0.15) is 34.3 Å². The van der Waals surface area contributed by atoms with Crippen molar-refractivity contribution < 1.29 is 4.79 Å². The predicted octanol–water partition coefficient (Wildman–Crippen LogP) is 2.13. The molecule has 2 heterocycles. The van der Waals surface area contributed by atoms with Gasteiger partial charge in [-0.05, 0) is 37.9 Å². The number of carbonyl (C=O) groups is 1. The first-order chi connectivity index (χ1) is 8.20. The van der Waals surface area contributed by atoms with Gasteiger partial charge < -0.3 is 10.2 Å². The van der Waals surface area contributed by atoms with Crippen molar-refractivity contribution in [1.29, 1.82) is 0 Å². The van der Waals surface area contributed by atoms with Crippen LogP contribution in [-0.2, 0) is 6.42 Å². The third kappa shape index (κ3) is 3.07. The lowest BCUT2D eigenvalue weighted by Crippen LogP contribution is -2.38. The molecule has 0 aliphatic carbocycles. The first-order valence-electron chi connectivity index (χ1n) is 6.28. The van der Waals surface area contributed by atoms with Crippen LogP contribution in [0.4, 0.5) is 0 Å². The minimum atomic E-state index is 0.156. The van der Waals surface area contributed by atoms with E-state index in [-0.39, 0.29) is 5.91 Å². The van der Waals surface area contributed by atoms with Gasteiger partial charge in [0.05, 0.1) is 4.88 Å². The van der Waals surface area contributed by atoms with E-state index in [9.17, 15) is 4.79 Å². The van der Waals surface area contributed by atoms with Gasteiger partial charge in [-0.15, -0.1) is 11.3 Å². The van der Waals surface area contributed by atoms with Gasteiger partial charge in [-0.25, -0.2) is 0 Å². The average molecular weight is 252 g/mol. The summed E-state index contributed by atoms with van der Waals surface area (Å²) in [6.07, 6.45) is 3.42. The number of nitrogens with one attached hydrogen (secondary N) is 1. The van der Waals surface area contributed by atoms with E-state index in [1.165, 1.54) is 17.7 Å². The topological polar surface area (TPSA) is 32.3 Å². The Morgan fingerprint density at radius 2 is 2.41 bits per heavy atom. The molecule has 1 fully saturated rings. The minimum Gasteiger partial charge on any atom is -0.339 e. The first-order valence-corrected chi connectivity index (χ1v) is 7.10. The van der Waals surface area contributed by atoms with Crippen molar-refractivity contribution in [2.75, 3.05) is 20.1 Å². The Hall–Kier alpha value is -0.870. The summed E-state index contributed by atoms with van der Waals surface area (Å²) < 4.78 is 0. The van der Waals surface area contributed by atoms with Crippen molar-refractivity contribution in [3.05, 3.63) is 21.9 Å². The summed E-state index contributed by atoms with van der Waals surface area (Å²) >= 11 is 1.62. The molecule has 1 atom stereocenters. The quantitative estimate of drug-likeness (QED) is 0.890. The molecular formula is C13H20N2OS. The zero-order valence-electron chi connectivity index (χ0n) is 10.5. The highest BCUT2D eigenvalue weighted by Crippen LogP contribution is 2.19. The maximum atomic E-state index is 12.2.